The van der Waals surface area contributed by atoms with Crippen molar-refractivity contribution in [1.29, 1.82) is 0 Å². The number of amides is 2. The third kappa shape index (κ3) is 1.43. The predicted molar refractivity (Wildman–Crippen MR) is 67.8 cm³/mol. The van der Waals surface area contributed by atoms with Gasteiger partial charge in [0.05, 0.1) is 31.4 Å². The maximum Gasteiger partial charge on any atom is 0.252 e. The largest absolute Gasteiger partial charge is 0.392 e. The third-order valence-electron chi connectivity index (χ3n) is 5.21. The van der Waals surface area contributed by atoms with E-state index in [1.54, 1.807) is 7.05 Å². The fourth-order valence-corrected chi connectivity index (χ4v) is 3.91. The van der Waals surface area contributed by atoms with Crippen LogP contribution in [0, 0.1) is 0 Å². The van der Waals surface area contributed by atoms with E-state index < -0.39 is 11.6 Å². The molecule has 1 N–H and O–H groups in total. The highest BCUT2D eigenvalue weighted by Gasteiger charge is 2.64. The molecule has 0 aliphatic carbocycles. The predicted octanol–water partition coefficient (Wildman–Crippen LogP) is -2.13. The molecule has 4 saturated heterocycles. The average Bonchev–Trinajstić information content (AvgIpc) is 2.69. The van der Waals surface area contributed by atoms with Crippen LogP contribution in [0.1, 0.15) is 6.42 Å². The number of aliphatic hydroxyl groups excluding tert-OH is 1. The zero-order valence-corrected chi connectivity index (χ0v) is 11.5. The van der Waals surface area contributed by atoms with Crippen molar-refractivity contribution in [2.45, 2.75) is 30.1 Å². The Labute approximate surface area is 117 Å². The van der Waals surface area contributed by atoms with E-state index >= 15 is 0 Å². The SMILES string of the molecule is CN1C(=O)C2CC(O)CN2C2(CN(C3COC3)C2)C1=O. The smallest absolute Gasteiger partial charge is 0.252 e. The molecule has 4 aliphatic rings. The summed E-state index contributed by atoms with van der Waals surface area (Å²) in [6.45, 7) is 3.16. The van der Waals surface area contributed by atoms with Gasteiger partial charge in [-0.05, 0) is 6.42 Å². The minimum Gasteiger partial charge on any atom is -0.392 e. The normalized spacial score (nSPS) is 38.0. The number of fused-ring (bicyclic) bond motifs is 2. The zero-order chi connectivity index (χ0) is 14.1. The number of piperazine rings is 1. The Morgan fingerprint density at radius 3 is 2.60 bits per heavy atom. The van der Waals surface area contributed by atoms with Crippen LogP contribution in [0.4, 0.5) is 0 Å². The third-order valence-corrected chi connectivity index (χ3v) is 5.21. The van der Waals surface area contributed by atoms with Crippen molar-refractivity contribution in [2.24, 2.45) is 0 Å². The summed E-state index contributed by atoms with van der Waals surface area (Å²) in [6.07, 6.45) is -0.0775. The molecule has 0 aromatic rings. The van der Waals surface area contributed by atoms with E-state index in [1.165, 1.54) is 4.90 Å². The first kappa shape index (κ1) is 12.7. The van der Waals surface area contributed by atoms with Gasteiger partial charge in [-0.25, -0.2) is 0 Å². The maximum atomic E-state index is 12.6. The topological polar surface area (TPSA) is 73.3 Å². The monoisotopic (exact) mass is 281 g/mol. The van der Waals surface area contributed by atoms with Crippen molar-refractivity contribution >= 4 is 11.8 Å². The second-order valence-electron chi connectivity index (χ2n) is 6.39. The quantitative estimate of drug-likeness (QED) is 0.554. The fraction of sp³-hybridized carbons (Fsp3) is 0.846. The van der Waals surface area contributed by atoms with Gasteiger partial charge in [0, 0.05) is 26.7 Å². The van der Waals surface area contributed by atoms with Crippen LogP contribution in [0.25, 0.3) is 0 Å². The number of hydrogen-bond donors (Lipinski definition) is 1. The molecule has 4 aliphatic heterocycles. The number of likely N-dealkylation sites (N-methyl/N-ethyl adjacent to an activating group) is 1. The summed E-state index contributed by atoms with van der Waals surface area (Å²) in [5, 5.41) is 9.88. The molecule has 1 spiro atoms. The number of hydrogen-bond acceptors (Lipinski definition) is 6. The van der Waals surface area contributed by atoms with Gasteiger partial charge in [0.15, 0.2) is 0 Å². The van der Waals surface area contributed by atoms with E-state index in [0.717, 1.165) is 13.2 Å². The number of nitrogens with zero attached hydrogens (tertiary/aromatic N) is 3. The highest BCUT2D eigenvalue weighted by atomic mass is 16.5. The van der Waals surface area contributed by atoms with Crippen molar-refractivity contribution in [1.82, 2.24) is 14.7 Å². The fourth-order valence-electron chi connectivity index (χ4n) is 3.91. The van der Waals surface area contributed by atoms with Gasteiger partial charge in [-0.3, -0.25) is 24.3 Å². The van der Waals surface area contributed by atoms with Crippen LogP contribution < -0.4 is 0 Å². The average molecular weight is 281 g/mol. The Morgan fingerprint density at radius 1 is 1.30 bits per heavy atom. The molecule has 2 atom stereocenters. The molecule has 2 amide bonds. The van der Waals surface area contributed by atoms with Gasteiger partial charge < -0.3 is 9.84 Å². The summed E-state index contributed by atoms with van der Waals surface area (Å²) in [7, 11) is 1.56. The van der Waals surface area contributed by atoms with Gasteiger partial charge in [0.1, 0.15) is 5.54 Å². The molecule has 4 heterocycles. The lowest BCUT2D eigenvalue weighted by molar-refractivity contribution is -0.190. The number of carbonyl (C=O) groups excluding carboxylic acids is 2. The Hall–Kier alpha value is -1.02. The van der Waals surface area contributed by atoms with E-state index in [4.69, 9.17) is 4.74 Å². The second kappa shape index (κ2) is 4.00. The minimum absolute atomic E-state index is 0.121. The first-order chi connectivity index (χ1) is 9.53. The lowest BCUT2D eigenvalue weighted by atomic mass is 9.81. The Morgan fingerprint density at radius 2 is 2.00 bits per heavy atom. The Kier molecular flexibility index (Phi) is 2.54. The second-order valence-corrected chi connectivity index (χ2v) is 6.39. The maximum absolute atomic E-state index is 12.6. The number of ether oxygens (including phenoxy) is 1. The number of imide groups is 1. The molecule has 20 heavy (non-hydrogen) atoms. The van der Waals surface area contributed by atoms with Crippen LogP contribution in [0.2, 0.25) is 0 Å². The molecule has 0 aromatic heterocycles. The van der Waals surface area contributed by atoms with Crippen LogP contribution >= 0.6 is 0 Å². The molecule has 0 saturated carbocycles. The molecule has 4 rings (SSSR count). The van der Waals surface area contributed by atoms with Crippen LogP contribution in [0.3, 0.4) is 0 Å². The summed E-state index contributed by atoms with van der Waals surface area (Å²) < 4.78 is 5.19. The van der Waals surface area contributed by atoms with Gasteiger partial charge >= 0.3 is 0 Å². The highest BCUT2D eigenvalue weighted by Crippen LogP contribution is 2.41. The van der Waals surface area contributed by atoms with E-state index in [0.29, 0.717) is 32.1 Å². The zero-order valence-electron chi connectivity index (χ0n) is 11.5. The number of aliphatic hydroxyl groups is 1. The molecule has 110 valence electrons. The molecule has 0 radical (unpaired) electrons. The summed E-state index contributed by atoms with van der Waals surface area (Å²) in [5.41, 5.74) is -0.611. The Balaban J connectivity index is 1.61. The first-order valence-corrected chi connectivity index (χ1v) is 7.11. The van der Waals surface area contributed by atoms with Crippen LogP contribution in [0.15, 0.2) is 0 Å². The summed E-state index contributed by atoms with van der Waals surface area (Å²) in [5.74, 6) is -0.299. The number of β-amino-alcohol motifs (C(OH)–C–C–N with tert-alkyl or cyclic N) is 1. The molecule has 7 heteroatoms. The van der Waals surface area contributed by atoms with Crippen molar-refractivity contribution < 1.29 is 19.4 Å². The van der Waals surface area contributed by atoms with Crippen LogP contribution in [-0.4, -0.2) is 95.2 Å². The number of carbonyl (C=O) groups is 2. The van der Waals surface area contributed by atoms with E-state index in [1.807, 2.05) is 4.90 Å². The first-order valence-electron chi connectivity index (χ1n) is 7.11. The van der Waals surface area contributed by atoms with Gasteiger partial charge in [-0.2, -0.15) is 0 Å². The number of likely N-dealkylation sites (tertiary alicyclic amines) is 1. The van der Waals surface area contributed by atoms with Gasteiger partial charge in [0.25, 0.3) is 5.91 Å². The van der Waals surface area contributed by atoms with Gasteiger partial charge in [-0.15, -0.1) is 0 Å². The summed E-state index contributed by atoms with van der Waals surface area (Å²) in [4.78, 5) is 30.2. The molecule has 4 fully saturated rings. The van der Waals surface area contributed by atoms with Gasteiger partial charge in [-0.1, -0.05) is 0 Å². The standard InChI is InChI=1S/C13H19N3O4/c1-14-11(18)10-2-9(17)3-16(10)13(12(14)19)6-15(7-13)8-4-20-5-8/h8-10,17H,2-7H2,1H3. The Bertz CT molecular complexity index is 472. The van der Waals surface area contributed by atoms with Crippen LogP contribution in [0.5, 0.6) is 0 Å². The van der Waals surface area contributed by atoms with Crippen LogP contribution in [-0.2, 0) is 14.3 Å². The molecule has 0 aromatic carbocycles. The van der Waals surface area contributed by atoms with E-state index in [2.05, 4.69) is 4.90 Å². The molecule has 0 bridgehead atoms. The molecular formula is C13H19N3O4. The van der Waals surface area contributed by atoms with E-state index in [9.17, 15) is 14.7 Å². The molecular weight excluding hydrogens is 262 g/mol. The van der Waals surface area contributed by atoms with Crippen molar-refractivity contribution in [3.05, 3.63) is 0 Å². The van der Waals surface area contributed by atoms with Crippen molar-refractivity contribution in [3.8, 4) is 0 Å². The minimum atomic E-state index is -0.611. The lowest BCUT2D eigenvalue weighted by Gasteiger charge is -2.60. The number of rotatable bonds is 1. The molecule has 7 nitrogen and oxygen atoms in total. The van der Waals surface area contributed by atoms with Crippen molar-refractivity contribution in [3.63, 3.8) is 0 Å². The summed E-state index contributed by atoms with van der Waals surface area (Å²) >= 11 is 0. The van der Waals surface area contributed by atoms with E-state index in [-0.39, 0.29) is 17.9 Å². The highest BCUT2D eigenvalue weighted by molar-refractivity contribution is 6.05. The van der Waals surface area contributed by atoms with Gasteiger partial charge in [0.2, 0.25) is 5.91 Å². The summed E-state index contributed by atoms with van der Waals surface area (Å²) in [6, 6.07) is 0.0647. The molecule has 2 unspecified atom stereocenters. The lowest BCUT2D eigenvalue weighted by Crippen LogP contribution is -2.83. The van der Waals surface area contributed by atoms with Crippen molar-refractivity contribution in [2.75, 3.05) is 39.9 Å².